The average Bonchev–Trinajstić information content (AvgIpc) is 2.89. The molecule has 1 aromatic heterocycles. The van der Waals surface area contributed by atoms with Crippen molar-refractivity contribution in [1.29, 1.82) is 5.41 Å². The van der Waals surface area contributed by atoms with E-state index in [0.717, 1.165) is 11.6 Å². The third kappa shape index (κ3) is 5.90. The van der Waals surface area contributed by atoms with Crippen LogP contribution in [0, 0.1) is 18.2 Å². The minimum absolute atomic E-state index is 0.0478. The molecular weight excluding hydrogens is 516 g/mol. The fourth-order valence-corrected chi connectivity index (χ4v) is 3.72. The molecule has 4 rings (SSSR count). The molecule has 12 heteroatoms. The number of carbonyl (C=O) groups excluding carboxylic acids is 2. The fourth-order valence-electron chi connectivity index (χ4n) is 3.72. The van der Waals surface area contributed by atoms with Crippen LogP contribution in [0.4, 0.5) is 23.2 Å². The second kappa shape index (κ2) is 10.7. The number of nitrogens with one attached hydrogen (secondary N) is 3. The number of primary amides is 1. The summed E-state index contributed by atoms with van der Waals surface area (Å²) in [6.45, 7) is 1.78. The molecule has 0 radical (unpaired) electrons. The predicted octanol–water partition coefficient (Wildman–Crippen LogP) is 4.66. The summed E-state index contributed by atoms with van der Waals surface area (Å²) in [5, 5.41) is 13.8. The molecule has 0 bridgehead atoms. The summed E-state index contributed by atoms with van der Waals surface area (Å²) in [6.07, 6.45) is 1.37. The van der Waals surface area contributed by atoms with Crippen LogP contribution >= 0.6 is 0 Å². The van der Waals surface area contributed by atoms with E-state index < -0.39 is 40.5 Å². The molecule has 0 unspecified atom stereocenters. The molecule has 2 aromatic carbocycles. The number of para-hydroxylation sites is 1. The number of amides is 2. The predicted molar refractivity (Wildman–Crippen MR) is 136 cm³/mol. The number of hydrogen-bond acceptors (Lipinski definition) is 6. The van der Waals surface area contributed by atoms with Crippen LogP contribution < -0.4 is 16.4 Å². The number of aryl methyl sites for hydroxylation is 1. The Kier molecular flexibility index (Phi) is 7.38. The van der Waals surface area contributed by atoms with Gasteiger partial charge in [-0.25, -0.2) is 14.4 Å². The molecule has 39 heavy (non-hydrogen) atoms. The maximum atomic E-state index is 15.0. The Morgan fingerprint density at radius 2 is 1.72 bits per heavy atom. The van der Waals surface area contributed by atoms with Crippen molar-refractivity contribution in [2.24, 2.45) is 5.73 Å². The minimum Gasteiger partial charge on any atom is -0.366 e. The number of benzene rings is 2. The summed E-state index contributed by atoms with van der Waals surface area (Å²) < 4.78 is 56.1. The van der Waals surface area contributed by atoms with E-state index in [1.165, 1.54) is 36.7 Å². The van der Waals surface area contributed by atoms with Crippen LogP contribution in [0.15, 0.2) is 90.1 Å². The molecule has 3 aromatic rings. The first kappa shape index (κ1) is 26.9. The Hall–Kier alpha value is -5.13. The van der Waals surface area contributed by atoms with Crippen LogP contribution in [0.1, 0.15) is 21.5 Å². The number of anilines is 1. The van der Waals surface area contributed by atoms with Crippen LogP contribution in [-0.4, -0.2) is 27.5 Å². The van der Waals surface area contributed by atoms with Crippen molar-refractivity contribution < 1.29 is 27.2 Å². The molecule has 0 aliphatic heterocycles. The Labute approximate surface area is 219 Å². The van der Waals surface area contributed by atoms with E-state index in [2.05, 4.69) is 20.6 Å². The van der Waals surface area contributed by atoms with Gasteiger partial charge >= 0.3 is 6.18 Å². The van der Waals surface area contributed by atoms with Crippen LogP contribution in [0.25, 0.3) is 11.4 Å². The highest BCUT2D eigenvalue weighted by Crippen LogP contribution is 2.37. The Morgan fingerprint density at radius 3 is 2.33 bits per heavy atom. The number of nitrogens with two attached hydrogens (primary N) is 1. The first-order valence-corrected chi connectivity index (χ1v) is 11.3. The van der Waals surface area contributed by atoms with Crippen molar-refractivity contribution in [3.05, 3.63) is 113 Å². The van der Waals surface area contributed by atoms with Crippen molar-refractivity contribution in [2.75, 3.05) is 5.32 Å². The highest BCUT2D eigenvalue weighted by Gasteiger charge is 2.36. The molecule has 1 aliphatic rings. The molecule has 0 atom stereocenters. The lowest BCUT2D eigenvalue weighted by molar-refractivity contribution is -0.137. The molecule has 0 fully saturated rings. The Morgan fingerprint density at radius 1 is 1.03 bits per heavy atom. The standard InChI is InChI=1S/C27H20F4N6O2/c1-14-5-2-3-6-22(14)36-25(16-8-7-15(23(33)38)11-21(16)32)37-26(39)18-12-17(24-34-9-4-10-35-24)19(13-20(18)28)27(29,30)31/h2-13,32,36H,1H3,(H2,33,38)(H,37,39)/b25-16+,32-21?. The largest absolute Gasteiger partial charge is 0.417 e. The number of rotatable bonds is 6. The van der Waals surface area contributed by atoms with Gasteiger partial charge in [0.25, 0.3) is 5.91 Å². The molecule has 0 saturated heterocycles. The van der Waals surface area contributed by atoms with Gasteiger partial charge in [-0.3, -0.25) is 9.59 Å². The number of allylic oxidation sites excluding steroid dienone is 3. The van der Waals surface area contributed by atoms with Crippen LogP contribution in [0.5, 0.6) is 0 Å². The topological polar surface area (TPSA) is 134 Å². The van der Waals surface area contributed by atoms with Gasteiger partial charge in [-0.1, -0.05) is 18.2 Å². The van der Waals surface area contributed by atoms with Crippen LogP contribution in [0.3, 0.4) is 0 Å². The van der Waals surface area contributed by atoms with Gasteiger partial charge in [0.15, 0.2) is 5.82 Å². The third-order valence-corrected chi connectivity index (χ3v) is 5.68. The fraction of sp³-hybridized carbons (Fsp3) is 0.0741. The van der Waals surface area contributed by atoms with Crippen molar-refractivity contribution in [1.82, 2.24) is 15.3 Å². The molecule has 0 spiro atoms. The molecule has 1 heterocycles. The van der Waals surface area contributed by atoms with Gasteiger partial charge in [-0.2, -0.15) is 13.2 Å². The lowest BCUT2D eigenvalue weighted by Crippen LogP contribution is -2.31. The third-order valence-electron chi connectivity index (χ3n) is 5.68. The zero-order chi connectivity index (χ0) is 28.3. The highest BCUT2D eigenvalue weighted by atomic mass is 19.4. The summed E-state index contributed by atoms with van der Waals surface area (Å²) in [5.41, 5.74) is 3.87. The number of alkyl halides is 3. The monoisotopic (exact) mass is 536 g/mol. The molecule has 198 valence electrons. The first-order valence-electron chi connectivity index (χ1n) is 11.3. The van der Waals surface area contributed by atoms with Crippen LogP contribution in [-0.2, 0) is 11.0 Å². The summed E-state index contributed by atoms with van der Waals surface area (Å²) in [4.78, 5) is 32.4. The average molecular weight is 536 g/mol. The lowest BCUT2D eigenvalue weighted by atomic mass is 9.99. The van der Waals surface area contributed by atoms with Crippen molar-refractivity contribution in [3.8, 4) is 11.4 Å². The summed E-state index contributed by atoms with van der Waals surface area (Å²) in [6, 6.07) is 9.30. The normalized spacial score (nSPS) is 14.5. The Bertz CT molecular complexity index is 1580. The zero-order valence-electron chi connectivity index (χ0n) is 20.2. The van der Waals surface area contributed by atoms with Crippen LogP contribution in [0.2, 0.25) is 0 Å². The molecule has 0 saturated carbocycles. The SMILES string of the molecule is Cc1ccccc1N/C(NC(=O)c1cc(-c2ncccn2)c(C(F)(F)F)cc1F)=C1/C=CC(C(N)=O)=CC1=N. The smallest absolute Gasteiger partial charge is 0.366 e. The van der Waals surface area contributed by atoms with Gasteiger partial charge in [0, 0.05) is 34.8 Å². The first-order chi connectivity index (χ1) is 18.5. The van der Waals surface area contributed by atoms with Gasteiger partial charge < -0.3 is 21.8 Å². The molecule has 5 N–H and O–H groups in total. The quantitative estimate of drug-likeness (QED) is 0.340. The van der Waals surface area contributed by atoms with Gasteiger partial charge in [0.05, 0.1) is 16.8 Å². The minimum atomic E-state index is -4.95. The van der Waals surface area contributed by atoms with Gasteiger partial charge in [0.1, 0.15) is 11.6 Å². The number of nitrogens with zero attached hydrogens (tertiary/aromatic N) is 2. The summed E-state index contributed by atoms with van der Waals surface area (Å²) in [5.74, 6) is -3.73. The molecule has 2 amide bonds. The zero-order valence-corrected chi connectivity index (χ0v) is 20.2. The van der Waals surface area contributed by atoms with Crippen molar-refractivity contribution in [2.45, 2.75) is 13.1 Å². The maximum Gasteiger partial charge on any atom is 0.417 e. The van der Waals surface area contributed by atoms with E-state index >= 15 is 0 Å². The summed E-state index contributed by atoms with van der Waals surface area (Å²) >= 11 is 0. The number of aromatic nitrogens is 2. The van der Waals surface area contributed by atoms with Crippen molar-refractivity contribution >= 4 is 23.2 Å². The Balaban J connectivity index is 1.80. The molecule has 1 aliphatic carbocycles. The van der Waals surface area contributed by atoms with Crippen molar-refractivity contribution in [3.63, 3.8) is 0 Å². The maximum absolute atomic E-state index is 15.0. The van der Waals surface area contributed by atoms with E-state index in [1.54, 1.807) is 31.2 Å². The lowest BCUT2D eigenvalue weighted by Gasteiger charge is -2.20. The van der Waals surface area contributed by atoms with E-state index in [0.29, 0.717) is 5.69 Å². The van der Waals surface area contributed by atoms with E-state index in [9.17, 15) is 27.2 Å². The van der Waals surface area contributed by atoms with Gasteiger partial charge in [0.2, 0.25) is 5.91 Å². The second-order valence-corrected chi connectivity index (χ2v) is 8.34. The molecule has 8 nitrogen and oxygen atoms in total. The highest BCUT2D eigenvalue weighted by molar-refractivity contribution is 6.16. The molecular formula is C27H20F4N6O2. The second-order valence-electron chi connectivity index (χ2n) is 8.34. The number of halogens is 4. The number of hydrogen-bond donors (Lipinski definition) is 4. The summed E-state index contributed by atoms with van der Waals surface area (Å²) in [7, 11) is 0. The van der Waals surface area contributed by atoms with E-state index in [4.69, 9.17) is 11.1 Å². The van der Waals surface area contributed by atoms with E-state index in [-0.39, 0.29) is 34.6 Å². The van der Waals surface area contributed by atoms with E-state index in [1.807, 2.05) is 0 Å². The van der Waals surface area contributed by atoms with Gasteiger partial charge in [-0.05, 0) is 55.0 Å². The van der Waals surface area contributed by atoms with Gasteiger partial charge in [-0.15, -0.1) is 0 Å². The number of carbonyl (C=O) groups is 2.